The summed E-state index contributed by atoms with van der Waals surface area (Å²) in [4.78, 5) is 20.5. The van der Waals surface area contributed by atoms with E-state index in [9.17, 15) is 13.2 Å². The van der Waals surface area contributed by atoms with Crippen molar-refractivity contribution in [2.75, 3.05) is 36.2 Å². The van der Waals surface area contributed by atoms with Crippen LogP contribution in [0.3, 0.4) is 0 Å². The van der Waals surface area contributed by atoms with Gasteiger partial charge >= 0.3 is 5.97 Å². The lowest BCUT2D eigenvalue weighted by atomic mass is 9.95. The Morgan fingerprint density at radius 1 is 1.15 bits per heavy atom. The molecule has 0 radical (unpaired) electrons. The first kappa shape index (κ1) is 29.9. The average molecular weight is 587 g/mol. The maximum absolute atomic E-state index is 13.3. The third-order valence-corrected chi connectivity index (χ3v) is 9.02. The van der Waals surface area contributed by atoms with Crippen molar-refractivity contribution in [1.29, 1.82) is 0 Å². The summed E-state index contributed by atoms with van der Waals surface area (Å²) in [6.07, 6.45) is 7.46. The number of hydrogen-bond acceptors (Lipinski definition) is 11. The molecule has 1 N–H and O–H groups in total. The highest BCUT2D eigenvalue weighted by Crippen LogP contribution is 2.40. The van der Waals surface area contributed by atoms with E-state index in [1.165, 1.54) is 12.7 Å². The molecule has 10 nitrogen and oxygen atoms in total. The van der Waals surface area contributed by atoms with Crippen LogP contribution in [0, 0.1) is 6.92 Å². The summed E-state index contributed by atoms with van der Waals surface area (Å²) in [5.74, 6) is 0.713. The Morgan fingerprint density at radius 2 is 1.88 bits per heavy atom. The van der Waals surface area contributed by atoms with Crippen LogP contribution in [-0.2, 0) is 14.6 Å². The number of esters is 1. The molecule has 1 saturated carbocycles. The number of aromatic nitrogens is 2. The first-order valence-corrected chi connectivity index (χ1v) is 16.6. The quantitative estimate of drug-likeness (QED) is 0.188. The highest BCUT2D eigenvalue weighted by Gasteiger charge is 2.27. The Balaban J connectivity index is 1.87. The van der Waals surface area contributed by atoms with Gasteiger partial charge < -0.3 is 15.0 Å². The molecule has 40 heavy (non-hydrogen) atoms. The van der Waals surface area contributed by atoms with Gasteiger partial charge in [-0.05, 0) is 75.3 Å². The number of benzene rings is 1. The second kappa shape index (κ2) is 13.0. The molecule has 3 aromatic rings. The fourth-order valence-electron chi connectivity index (χ4n) is 4.91. The second-order valence-corrected chi connectivity index (χ2v) is 12.8. The first-order valence-electron chi connectivity index (χ1n) is 13.9. The van der Waals surface area contributed by atoms with Crippen LogP contribution in [0.25, 0.3) is 10.9 Å². The van der Waals surface area contributed by atoms with Crippen LogP contribution in [0.5, 0.6) is 0 Å². The second-order valence-electron chi connectivity index (χ2n) is 10.1. The van der Waals surface area contributed by atoms with Crippen molar-refractivity contribution in [3.05, 3.63) is 29.3 Å². The van der Waals surface area contributed by atoms with E-state index in [-0.39, 0.29) is 10.9 Å². The fourth-order valence-corrected chi connectivity index (χ4v) is 6.24. The lowest BCUT2D eigenvalue weighted by Crippen LogP contribution is -2.28. The van der Waals surface area contributed by atoms with E-state index >= 15 is 0 Å². The molecule has 0 unspecified atom stereocenters. The number of fused-ring (bicyclic) bond motifs is 1. The van der Waals surface area contributed by atoms with E-state index in [1.807, 2.05) is 32.6 Å². The molecule has 0 saturated heterocycles. The molecule has 0 amide bonds. The number of rotatable bonds is 11. The van der Waals surface area contributed by atoms with Crippen molar-refractivity contribution in [2.24, 2.45) is 10.2 Å². The van der Waals surface area contributed by atoms with Crippen LogP contribution in [0.1, 0.15) is 75.2 Å². The topological polar surface area (TPSA) is 126 Å². The molecule has 2 heterocycles. The van der Waals surface area contributed by atoms with Gasteiger partial charge in [0, 0.05) is 30.8 Å². The van der Waals surface area contributed by atoms with Gasteiger partial charge in [0.05, 0.1) is 17.0 Å². The van der Waals surface area contributed by atoms with Gasteiger partial charge in [-0.1, -0.05) is 26.2 Å². The van der Waals surface area contributed by atoms with Crippen LogP contribution in [0.15, 0.2) is 33.3 Å². The molecular formula is C28H38N6O4S2. The maximum atomic E-state index is 13.3. The lowest BCUT2D eigenvalue weighted by molar-refractivity contribution is 0.0504. The van der Waals surface area contributed by atoms with Gasteiger partial charge in [0.25, 0.3) is 0 Å². The van der Waals surface area contributed by atoms with Crippen LogP contribution < -0.4 is 10.2 Å². The van der Waals surface area contributed by atoms with Crippen LogP contribution >= 0.6 is 11.5 Å². The number of ether oxygens (including phenoxy) is 1. The van der Waals surface area contributed by atoms with E-state index in [0.717, 1.165) is 37.2 Å². The monoisotopic (exact) mass is 586 g/mol. The van der Waals surface area contributed by atoms with Crippen molar-refractivity contribution in [3.8, 4) is 0 Å². The predicted octanol–water partition coefficient (Wildman–Crippen LogP) is 6.98. The molecule has 0 atom stereocenters. The summed E-state index contributed by atoms with van der Waals surface area (Å²) in [7, 11) is -3.40. The Bertz CT molecular complexity index is 1490. The zero-order valence-corrected chi connectivity index (χ0v) is 25.5. The molecule has 0 aliphatic heterocycles. The smallest absolute Gasteiger partial charge is 0.342 e. The Kier molecular flexibility index (Phi) is 9.72. The number of sulfone groups is 1. The number of carbonyl (C=O) groups is 1. The number of anilines is 2. The number of nitrogens with zero attached hydrogens (tertiary/aromatic N) is 5. The van der Waals surface area contributed by atoms with Gasteiger partial charge in [-0.2, -0.15) is 4.37 Å². The van der Waals surface area contributed by atoms with Crippen molar-refractivity contribution >= 4 is 60.6 Å². The molecule has 0 bridgehead atoms. The summed E-state index contributed by atoms with van der Waals surface area (Å²) < 4.78 is 34.3. The molecule has 4 rings (SSSR count). The molecule has 1 aliphatic carbocycles. The maximum Gasteiger partial charge on any atom is 0.342 e. The average Bonchev–Trinajstić information content (AvgIpc) is 3.34. The van der Waals surface area contributed by atoms with E-state index in [4.69, 9.17) is 9.72 Å². The van der Waals surface area contributed by atoms with Gasteiger partial charge in [-0.25, -0.2) is 18.2 Å². The minimum Gasteiger partial charge on any atom is -0.462 e. The van der Waals surface area contributed by atoms with Gasteiger partial charge in [0.15, 0.2) is 20.7 Å². The van der Waals surface area contributed by atoms with E-state index < -0.39 is 15.8 Å². The SMILES string of the molecule is CCCOC(=O)c1c(N(CC)CC)nc(NC2CCCCC2)c(N=Nc2snc3ccc(S(C)(=O)=O)cc23)c1C. The summed E-state index contributed by atoms with van der Waals surface area (Å²) in [5, 5.41) is 13.8. The van der Waals surface area contributed by atoms with Crippen molar-refractivity contribution < 1.29 is 17.9 Å². The lowest BCUT2D eigenvalue weighted by Gasteiger charge is -2.28. The summed E-state index contributed by atoms with van der Waals surface area (Å²) in [5.41, 5.74) is 2.12. The Labute approximate surface area is 240 Å². The number of pyridine rings is 1. The summed E-state index contributed by atoms with van der Waals surface area (Å²) >= 11 is 1.14. The first-order chi connectivity index (χ1) is 19.2. The summed E-state index contributed by atoms with van der Waals surface area (Å²) in [6, 6.07) is 5.04. The van der Waals surface area contributed by atoms with Gasteiger partial charge in [-0.15, -0.1) is 10.2 Å². The fraction of sp³-hybridized carbons (Fsp3) is 0.536. The zero-order chi connectivity index (χ0) is 28.9. The number of nitrogens with one attached hydrogen (secondary N) is 1. The molecule has 1 aromatic carbocycles. The van der Waals surface area contributed by atoms with E-state index in [0.29, 0.717) is 70.5 Å². The molecule has 216 valence electrons. The number of hydrogen-bond donors (Lipinski definition) is 1. The zero-order valence-electron chi connectivity index (χ0n) is 23.9. The van der Waals surface area contributed by atoms with Crippen LogP contribution in [-0.4, -0.2) is 55.7 Å². The van der Waals surface area contributed by atoms with E-state index in [1.54, 1.807) is 18.2 Å². The van der Waals surface area contributed by atoms with E-state index in [2.05, 4.69) is 19.9 Å². The highest BCUT2D eigenvalue weighted by atomic mass is 32.2. The van der Waals surface area contributed by atoms with Crippen LogP contribution in [0.2, 0.25) is 0 Å². The summed E-state index contributed by atoms with van der Waals surface area (Å²) in [6.45, 7) is 9.53. The minimum absolute atomic E-state index is 0.193. The minimum atomic E-state index is -3.40. The third-order valence-electron chi connectivity index (χ3n) is 7.14. The van der Waals surface area contributed by atoms with Gasteiger partial charge in [-0.3, -0.25) is 0 Å². The highest BCUT2D eigenvalue weighted by molar-refractivity contribution is 7.90. The molecular weight excluding hydrogens is 548 g/mol. The van der Waals surface area contributed by atoms with Crippen LogP contribution in [0.4, 0.5) is 22.3 Å². The van der Waals surface area contributed by atoms with Gasteiger partial charge in [0.2, 0.25) is 0 Å². The normalized spacial score (nSPS) is 14.6. The van der Waals surface area contributed by atoms with Crippen molar-refractivity contribution in [1.82, 2.24) is 9.36 Å². The molecule has 1 aliphatic rings. The number of carbonyl (C=O) groups excluding carboxylic acids is 1. The standard InChI is InChI=1S/C28H38N6O4S2/c1-6-16-38-28(35)23-18(4)24(25(29-19-12-10-9-11-13-19)30-26(23)34(7-2)8-3)31-32-27-21-17-20(40(5,36)37)14-15-22(21)33-39-27/h14-15,17,19H,6-13,16H2,1-5H3,(H,29,30). The number of azo groups is 1. The van der Waals surface area contributed by atoms with Crippen molar-refractivity contribution in [2.45, 2.75) is 77.2 Å². The predicted molar refractivity (Wildman–Crippen MR) is 161 cm³/mol. The molecule has 12 heteroatoms. The molecule has 2 aromatic heterocycles. The Hall–Kier alpha value is -3.12. The van der Waals surface area contributed by atoms with Gasteiger partial charge in [0.1, 0.15) is 17.1 Å². The molecule has 1 fully saturated rings. The third kappa shape index (κ3) is 6.60. The Morgan fingerprint density at radius 3 is 2.52 bits per heavy atom. The molecule has 0 spiro atoms. The largest absolute Gasteiger partial charge is 0.462 e. The van der Waals surface area contributed by atoms with Crippen molar-refractivity contribution in [3.63, 3.8) is 0 Å².